The minimum atomic E-state index is 0.374. The number of H-pyrrole nitrogens is 1. The van der Waals surface area contributed by atoms with Gasteiger partial charge in [0.05, 0.1) is 27.1 Å². The molecule has 0 bridgehead atoms. The van der Waals surface area contributed by atoms with Crippen LogP contribution >= 0.6 is 11.8 Å². The first kappa shape index (κ1) is 17.7. The van der Waals surface area contributed by atoms with Crippen molar-refractivity contribution in [1.82, 2.24) is 25.4 Å². The fourth-order valence-electron chi connectivity index (χ4n) is 2.62. The van der Waals surface area contributed by atoms with E-state index in [9.17, 15) is 0 Å². The Hall–Kier alpha value is -2.75. The lowest BCUT2D eigenvalue weighted by atomic mass is 10.2. The number of methoxy groups -OCH3 is 3. The largest absolute Gasteiger partial charge is 0.493 e. The molecule has 1 aromatic carbocycles. The molecule has 1 aliphatic carbocycles. The molecule has 0 radical (unpaired) electrons. The molecule has 0 spiro atoms. The molecule has 2 aromatic heterocycles. The number of benzene rings is 1. The number of nitrogens with zero attached hydrogens (tertiary/aromatic N) is 4. The molecule has 4 rings (SSSR count). The van der Waals surface area contributed by atoms with Crippen molar-refractivity contribution in [1.29, 1.82) is 0 Å². The molecule has 2 heterocycles. The lowest BCUT2D eigenvalue weighted by Crippen LogP contribution is -1.95. The molecule has 1 saturated carbocycles. The monoisotopic (exact) mass is 389 g/mol. The van der Waals surface area contributed by atoms with Crippen molar-refractivity contribution in [2.75, 3.05) is 21.3 Å². The van der Waals surface area contributed by atoms with Gasteiger partial charge in [0.1, 0.15) is 5.82 Å². The molecule has 27 heavy (non-hydrogen) atoms. The second-order valence-electron chi connectivity index (χ2n) is 5.98. The Balaban J connectivity index is 1.49. The standard InChI is InChI=1S/C17H19N5O4S/c1-23-11-6-10(7-12(24-2)14(11)25-3)16-21-19-13(26-16)8-27-17-18-15(20-22-17)9-4-5-9/h6-7,9H,4-5,8H2,1-3H3,(H,18,20,22). The van der Waals surface area contributed by atoms with Gasteiger partial charge in [-0.15, -0.1) is 15.3 Å². The SMILES string of the molecule is COc1cc(-c2nnc(CSc3n[nH]c(C4CC4)n3)o2)cc(OC)c1OC. The molecule has 0 unspecified atom stereocenters. The molecule has 3 aromatic rings. The zero-order valence-electron chi connectivity index (χ0n) is 15.2. The fraction of sp³-hybridized carbons (Fsp3) is 0.412. The molecule has 0 amide bonds. The van der Waals surface area contributed by atoms with Crippen molar-refractivity contribution in [2.24, 2.45) is 0 Å². The highest BCUT2D eigenvalue weighted by atomic mass is 32.2. The van der Waals surface area contributed by atoms with Crippen LogP contribution in [0.1, 0.15) is 30.5 Å². The second-order valence-corrected chi connectivity index (χ2v) is 6.92. The maximum absolute atomic E-state index is 5.77. The van der Waals surface area contributed by atoms with Gasteiger partial charge in [0, 0.05) is 11.5 Å². The molecular formula is C17H19N5O4S. The van der Waals surface area contributed by atoms with Crippen LogP contribution in [0, 0.1) is 0 Å². The lowest BCUT2D eigenvalue weighted by Gasteiger charge is -2.12. The van der Waals surface area contributed by atoms with Gasteiger partial charge in [-0.1, -0.05) is 11.8 Å². The van der Waals surface area contributed by atoms with Crippen LogP contribution in [0.4, 0.5) is 0 Å². The summed E-state index contributed by atoms with van der Waals surface area (Å²) in [5.74, 6) is 4.40. The number of ether oxygens (including phenoxy) is 3. The van der Waals surface area contributed by atoms with Crippen molar-refractivity contribution in [3.05, 3.63) is 23.8 Å². The van der Waals surface area contributed by atoms with Crippen molar-refractivity contribution >= 4 is 11.8 Å². The van der Waals surface area contributed by atoms with E-state index in [2.05, 4.69) is 25.4 Å². The van der Waals surface area contributed by atoms with E-state index in [4.69, 9.17) is 18.6 Å². The minimum Gasteiger partial charge on any atom is -0.493 e. The third kappa shape index (κ3) is 3.70. The van der Waals surface area contributed by atoms with Crippen molar-refractivity contribution < 1.29 is 18.6 Å². The maximum atomic E-state index is 5.77. The number of aromatic nitrogens is 5. The molecule has 9 nitrogen and oxygen atoms in total. The highest BCUT2D eigenvalue weighted by molar-refractivity contribution is 7.98. The van der Waals surface area contributed by atoms with Gasteiger partial charge >= 0.3 is 0 Å². The highest BCUT2D eigenvalue weighted by Crippen LogP contribution is 2.41. The van der Waals surface area contributed by atoms with Gasteiger partial charge < -0.3 is 18.6 Å². The Labute approximate surface area is 159 Å². The van der Waals surface area contributed by atoms with Crippen molar-refractivity contribution in [3.8, 4) is 28.7 Å². The van der Waals surface area contributed by atoms with E-state index in [-0.39, 0.29) is 0 Å². The number of hydrogen-bond acceptors (Lipinski definition) is 9. The third-order valence-electron chi connectivity index (χ3n) is 4.15. The van der Waals surface area contributed by atoms with Crippen LogP contribution < -0.4 is 14.2 Å². The highest BCUT2D eigenvalue weighted by Gasteiger charge is 2.27. The first-order chi connectivity index (χ1) is 13.2. The van der Waals surface area contributed by atoms with Gasteiger partial charge in [-0.05, 0) is 25.0 Å². The molecular weight excluding hydrogens is 370 g/mol. The summed E-state index contributed by atoms with van der Waals surface area (Å²) in [6.45, 7) is 0. The second kappa shape index (κ2) is 7.47. The van der Waals surface area contributed by atoms with Gasteiger partial charge in [0.25, 0.3) is 0 Å². The van der Waals surface area contributed by atoms with E-state index >= 15 is 0 Å². The first-order valence-corrected chi connectivity index (χ1v) is 9.38. The molecule has 0 saturated heterocycles. The lowest BCUT2D eigenvalue weighted by molar-refractivity contribution is 0.324. The Kier molecular flexibility index (Phi) is 4.88. The van der Waals surface area contributed by atoms with Crippen LogP contribution in [0.2, 0.25) is 0 Å². The van der Waals surface area contributed by atoms with E-state index in [1.54, 1.807) is 33.5 Å². The van der Waals surface area contributed by atoms with E-state index in [0.29, 0.717) is 51.4 Å². The normalized spacial score (nSPS) is 13.6. The Morgan fingerprint density at radius 3 is 2.48 bits per heavy atom. The molecule has 10 heteroatoms. The van der Waals surface area contributed by atoms with Crippen LogP contribution in [-0.4, -0.2) is 46.7 Å². The average molecular weight is 389 g/mol. The summed E-state index contributed by atoms with van der Waals surface area (Å²) in [6.07, 6.45) is 2.36. The van der Waals surface area contributed by atoms with E-state index < -0.39 is 0 Å². The van der Waals surface area contributed by atoms with Crippen LogP contribution in [0.5, 0.6) is 17.2 Å². The topological polar surface area (TPSA) is 108 Å². The first-order valence-electron chi connectivity index (χ1n) is 8.39. The third-order valence-corrected chi connectivity index (χ3v) is 4.98. The summed E-state index contributed by atoms with van der Waals surface area (Å²) in [5, 5.41) is 16.1. The summed E-state index contributed by atoms with van der Waals surface area (Å²) < 4.78 is 21.8. The van der Waals surface area contributed by atoms with Crippen LogP contribution in [-0.2, 0) is 5.75 Å². The van der Waals surface area contributed by atoms with Gasteiger partial charge in [-0.3, -0.25) is 5.10 Å². The number of thioether (sulfide) groups is 1. The quantitative estimate of drug-likeness (QED) is 0.581. The van der Waals surface area contributed by atoms with E-state index in [1.165, 1.54) is 24.6 Å². The summed E-state index contributed by atoms with van der Waals surface area (Å²) in [7, 11) is 4.67. The fourth-order valence-corrected chi connectivity index (χ4v) is 3.26. The minimum absolute atomic E-state index is 0.374. The number of hydrogen-bond donors (Lipinski definition) is 1. The summed E-state index contributed by atoms with van der Waals surface area (Å²) in [4.78, 5) is 4.48. The predicted octanol–water partition coefficient (Wildman–Crippen LogP) is 3.05. The molecule has 0 aliphatic heterocycles. The molecule has 1 aliphatic rings. The average Bonchev–Trinajstić information content (AvgIpc) is 3.25. The Bertz CT molecular complexity index is 912. The maximum Gasteiger partial charge on any atom is 0.248 e. The van der Waals surface area contributed by atoms with E-state index in [1.807, 2.05) is 0 Å². The van der Waals surface area contributed by atoms with E-state index in [0.717, 1.165) is 5.82 Å². The van der Waals surface area contributed by atoms with Gasteiger partial charge in [0.2, 0.25) is 22.7 Å². The molecule has 1 fully saturated rings. The summed E-state index contributed by atoms with van der Waals surface area (Å²) in [5.41, 5.74) is 0.683. The van der Waals surface area contributed by atoms with Crippen LogP contribution in [0.25, 0.3) is 11.5 Å². The number of rotatable bonds is 8. The Morgan fingerprint density at radius 2 is 1.85 bits per heavy atom. The molecule has 0 atom stereocenters. The van der Waals surface area contributed by atoms with Crippen LogP contribution in [0.3, 0.4) is 0 Å². The number of aromatic amines is 1. The summed E-state index contributed by atoms with van der Waals surface area (Å²) >= 11 is 1.45. The summed E-state index contributed by atoms with van der Waals surface area (Å²) in [6, 6.07) is 3.53. The zero-order valence-corrected chi connectivity index (χ0v) is 16.0. The van der Waals surface area contributed by atoms with Crippen molar-refractivity contribution in [2.45, 2.75) is 29.7 Å². The smallest absolute Gasteiger partial charge is 0.248 e. The molecule has 1 N–H and O–H groups in total. The predicted molar refractivity (Wildman–Crippen MR) is 97.3 cm³/mol. The van der Waals surface area contributed by atoms with Gasteiger partial charge in [-0.2, -0.15) is 0 Å². The van der Waals surface area contributed by atoms with Gasteiger partial charge in [-0.25, -0.2) is 4.98 Å². The molecule has 142 valence electrons. The van der Waals surface area contributed by atoms with Crippen molar-refractivity contribution in [3.63, 3.8) is 0 Å². The number of nitrogens with one attached hydrogen (secondary N) is 1. The van der Waals surface area contributed by atoms with Gasteiger partial charge in [0.15, 0.2) is 11.5 Å². The Morgan fingerprint density at radius 1 is 1.11 bits per heavy atom. The van der Waals surface area contributed by atoms with Crippen LogP contribution in [0.15, 0.2) is 21.7 Å². The zero-order chi connectivity index (χ0) is 18.8.